The summed E-state index contributed by atoms with van der Waals surface area (Å²) in [5, 5.41) is 4.23. The molecule has 2 atom stereocenters. The van der Waals surface area contributed by atoms with Crippen molar-refractivity contribution < 1.29 is 9.13 Å². The molecule has 3 rings (SSSR count). The maximum absolute atomic E-state index is 14.4. The van der Waals surface area contributed by atoms with Crippen LogP contribution in [0.3, 0.4) is 0 Å². The standard InChI is InChI=1S/C17H17Cl2FN2O/c1-17(9-22-8-16(21)23-17)14-6-10(2-3-15(14)20)11-4-12(18)7-13(19)5-11/h2-7,16,22H,8-9,21H2,1H3/t16-,17?/m1/s1. The van der Waals surface area contributed by atoms with Crippen molar-refractivity contribution >= 4 is 23.2 Å². The number of halogens is 3. The van der Waals surface area contributed by atoms with Gasteiger partial charge < -0.3 is 15.8 Å². The van der Waals surface area contributed by atoms with Crippen LogP contribution >= 0.6 is 23.2 Å². The highest BCUT2D eigenvalue weighted by molar-refractivity contribution is 6.35. The van der Waals surface area contributed by atoms with Gasteiger partial charge in [0.1, 0.15) is 17.6 Å². The van der Waals surface area contributed by atoms with Gasteiger partial charge in [0.25, 0.3) is 0 Å². The SMILES string of the molecule is CC1(c2cc(-c3cc(Cl)cc(Cl)c3)ccc2F)CNC[C@H](N)O1. The van der Waals surface area contributed by atoms with Crippen LogP contribution in [0.5, 0.6) is 0 Å². The van der Waals surface area contributed by atoms with E-state index in [0.717, 1.165) is 11.1 Å². The van der Waals surface area contributed by atoms with Crippen LogP contribution in [0.25, 0.3) is 11.1 Å². The summed E-state index contributed by atoms with van der Waals surface area (Å²) >= 11 is 12.1. The number of hydrogen-bond acceptors (Lipinski definition) is 3. The van der Waals surface area contributed by atoms with E-state index in [1.807, 2.05) is 6.92 Å². The molecule has 1 unspecified atom stereocenters. The molecule has 1 fully saturated rings. The Morgan fingerprint density at radius 3 is 2.52 bits per heavy atom. The van der Waals surface area contributed by atoms with Crippen LogP contribution in [0.15, 0.2) is 36.4 Å². The van der Waals surface area contributed by atoms with Crippen molar-refractivity contribution in [3.63, 3.8) is 0 Å². The minimum Gasteiger partial charge on any atom is -0.350 e. The molecule has 1 aliphatic rings. The second kappa shape index (κ2) is 6.38. The number of nitrogens with two attached hydrogens (primary N) is 1. The maximum Gasteiger partial charge on any atom is 0.129 e. The Morgan fingerprint density at radius 1 is 1.17 bits per heavy atom. The molecular formula is C17H17Cl2FN2O. The van der Waals surface area contributed by atoms with Crippen LogP contribution in [-0.4, -0.2) is 19.3 Å². The monoisotopic (exact) mass is 354 g/mol. The zero-order valence-corrected chi connectivity index (χ0v) is 14.1. The summed E-state index contributed by atoms with van der Waals surface area (Å²) in [6, 6.07) is 10.1. The van der Waals surface area contributed by atoms with Crippen molar-refractivity contribution in [3.05, 3.63) is 57.8 Å². The van der Waals surface area contributed by atoms with Gasteiger partial charge in [-0.05, 0) is 48.4 Å². The molecule has 2 aromatic carbocycles. The third-order valence-corrected chi connectivity index (χ3v) is 4.39. The Labute approximate surface area is 144 Å². The number of nitrogens with one attached hydrogen (secondary N) is 1. The van der Waals surface area contributed by atoms with E-state index in [2.05, 4.69) is 5.32 Å². The minimum atomic E-state index is -0.833. The highest BCUT2D eigenvalue weighted by Crippen LogP contribution is 2.34. The number of rotatable bonds is 2. The molecule has 0 bridgehead atoms. The average Bonchev–Trinajstić information content (AvgIpc) is 2.46. The summed E-state index contributed by atoms with van der Waals surface area (Å²) in [6.07, 6.45) is -0.475. The van der Waals surface area contributed by atoms with Crippen LogP contribution in [0.1, 0.15) is 12.5 Å². The first-order valence-corrected chi connectivity index (χ1v) is 8.04. The molecule has 0 saturated carbocycles. The zero-order chi connectivity index (χ0) is 16.6. The lowest BCUT2D eigenvalue weighted by Gasteiger charge is -2.38. The van der Waals surface area contributed by atoms with Gasteiger partial charge in [-0.15, -0.1) is 0 Å². The molecule has 1 saturated heterocycles. The molecule has 1 heterocycles. The Bertz CT molecular complexity index is 720. The third-order valence-electron chi connectivity index (χ3n) is 3.95. The summed E-state index contributed by atoms with van der Waals surface area (Å²) in [7, 11) is 0. The summed E-state index contributed by atoms with van der Waals surface area (Å²) in [5.74, 6) is -0.333. The lowest BCUT2D eigenvalue weighted by atomic mass is 9.90. The van der Waals surface area contributed by atoms with E-state index in [0.29, 0.717) is 28.7 Å². The van der Waals surface area contributed by atoms with Gasteiger partial charge in [-0.3, -0.25) is 0 Å². The molecule has 3 N–H and O–H groups in total. The molecular weight excluding hydrogens is 338 g/mol. The molecule has 3 nitrogen and oxygen atoms in total. The Morgan fingerprint density at radius 2 is 1.87 bits per heavy atom. The van der Waals surface area contributed by atoms with E-state index >= 15 is 0 Å². The molecule has 0 aliphatic carbocycles. The quantitative estimate of drug-likeness (QED) is 0.859. The van der Waals surface area contributed by atoms with Crippen LogP contribution in [0.2, 0.25) is 10.0 Å². The molecule has 0 amide bonds. The van der Waals surface area contributed by atoms with Gasteiger partial charge in [-0.1, -0.05) is 29.3 Å². The van der Waals surface area contributed by atoms with Crippen molar-refractivity contribution in [1.82, 2.24) is 5.32 Å². The fraction of sp³-hybridized carbons (Fsp3) is 0.294. The van der Waals surface area contributed by atoms with Gasteiger partial charge in [-0.2, -0.15) is 0 Å². The second-order valence-electron chi connectivity index (χ2n) is 5.87. The Hall–Kier alpha value is -1.17. The fourth-order valence-electron chi connectivity index (χ4n) is 2.86. The largest absolute Gasteiger partial charge is 0.350 e. The van der Waals surface area contributed by atoms with Gasteiger partial charge in [0.2, 0.25) is 0 Å². The molecule has 122 valence electrons. The molecule has 1 aliphatic heterocycles. The predicted octanol–water partition coefficient (Wildman–Crippen LogP) is 3.92. The van der Waals surface area contributed by atoms with E-state index in [1.54, 1.807) is 30.3 Å². The lowest BCUT2D eigenvalue weighted by Crippen LogP contribution is -2.53. The first kappa shape index (κ1) is 16.7. The topological polar surface area (TPSA) is 47.3 Å². The van der Waals surface area contributed by atoms with E-state index < -0.39 is 11.8 Å². The number of benzene rings is 2. The summed E-state index contributed by atoms with van der Waals surface area (Å²) in [4.78, 5) is 0. The Balaban J connectivity index is 2.05. The van der Waals surface area contributed by atoms with E-state index in [4.69, 9.17) is 33.7 Å². The Kier molecular flexibility index (Phi) is 4.63. The normalized spacial score (nSPS) is 24.7. The van der Waals surface area contributed by atoms with Crippen LogP contribution in [0, 0.1) is 5.82 Å². The third kappa shape index (κ3) is 3.52. The number of hydrogen-bond donors (Lipinski definition) is 2. The molecule has 6 heteroatoms. The molecule has 23 heavy (non-hydrogen) atoms. The van der Waals surface area contributed by atoms with Crippen molar-refractivity contribution in [3.8, 4) is 11.1 Å². The van der Waals surface area contributed by atoms with Gasteiger partial charge >= 0.3 is 0 Å². The number of ether oxygens (including phenoxy) is 1. The van der Waals surface area contributed by atoms with Gasteiger partial charge in [-0.25, -0.2) is 4.39 Å². The first-order valence-electron chi connectivity index (χ1n) is 7.28. The van der Waals surface area contributed by atoms with Crippen LogP contribution in [0.4, 0.5) is 4.39 Å². The highest BCUT2D eigenvalue weighted by Gasteiger charge is 2.35. The highest BCUT2D eigenvalue weighted by atomic mass is 35.5. The zero-order valence-electron chi connectivity index (χ0n) is 12.6. The lowest BCUT2D eigenvalue weighted by molar-refractivity contribution is -0.109. The number of morpholine rings is 1. The van der Waals surface area contributed by atoms with Crippen LogP contribution < -0.4 is 11.1 Å². The van der Waals surface area contributed by atoms with Gasteiger partial charge in [0.05, 0.1) is 0 Å². The maximum atomic E-state index is 14.4. The van der Waals surface area contributed by atoms with Crippen molar-refractivity contribution in [1.29, 1.82) is 0 Å². The smallest absolute Gasteiger partial charge is 0.129 e. The van der Waals surface area contributed by atoms with Crippen molar-refractivity contribution in [2.75, 3.05) is 13.1 Å². The van der Waals surface area contributed by atoms with E-state index in [9.17, 15) is 4.39 Å². The molecule has 0 aromatic heterocycles. The van der Waals surface area contributed by atoms with E-state index in [1.165, 1.54) is 6.07 Å². The van der Waals surface area contributed by atoms with Crippen LogP contribution in [-0.2, 0) is 10.3 Å². The fourth-order valence-corrected chi connectivity index (χ4v) is 3.39. The average molecular weight is 355 g/mol. The first-order chi connectivity index (χ1) is 10.9. The molecule has 2 aromatic rings. The molecule has 0 radical (unpaired) electrons. The van der Waals surface area contributed by atoms with Crippen molar-refractivity contribution in [2.45, 2.75) is 18.8 Å². The van der Waals surface area contributed by atoms with E-state index in [-0.39, 0.29) is 5.82 Å². The summed E-state index contributed by atoms with van der Waals surface area (Å²) in [5.41, 5.74) is 7.10. The van der Waals surface area contributed by atoms with Crippen molar-refractivity contribution in [2.24, 2.45) is 5.73 Å². The second-order valence-corrected chi connectivity index (χ2v) is 6.74. The summed E-state index contributed by atoms with van der Waals surface area (Å²) < 4.78 is 20.2. The van der Waals surface area contributed by atoms with Gasteiger partial charge in [0, 0.05) is 28.7 Å². The van der Waals surface area contributed by atoms with Gasteiger partial charge in [0.15, 0.2) is 0 Å². The summed E-state index contributed by atoms with van der Waals surface area (Å²) in [6.45, 7) is 2.85. The molecule has 0 spiro atoms. The minimum absolute atomic E-state index is 0.333. The predicted molar refractivity (Wildman–Crippen MR) is 91.1 cm³/mol.